The predicted molar refractivity (Wildman–Crippen MR) is 65.1 cm³/mol. The summed E-state index contributed by atoms with van der Waals surface area (Å²) in [6.45, 7) is 0. The van der Waals surface area contributed by atoms with E-state index in [1.165, 1.54) is 19.3 Å². The zero-order valence-electron chi connectivity index (χ0n) is 9.72. The first-order valence-electron chi connectivity index (χ1n) is 6.13. The number of hydrogen-bond acceptors (Lipinski definition) is 4. The topological polar surface area (TPSA) is 78.0 Å². The van der Waals surface area contributed by atoms with Gasteiger partial charge in [0.15, 0.2) is 9.84 Å². The predicted octanol–water partition coefficient (Wildman–Crippen LogP) is 1.40. The smallest absolute Gasteiger partial charge is 0.160 e. The number of sulfone groups is 1. The molecule has 3 rings (SSSR count). The van der Waals surface area contributed by atoms with Crippen molar-refractivity contribution in [1.29, 1.82) is 0 Å². The van der Waals surface area contributed by atoms with Crippen LogP contribution in [0.3, 0.4) is 0 Å². The lowest BCUT2D eigenvalue weighted by Crippen LogP contribution is -2.17. The van der Waals surface area contributed by atoms with E-state index in [4.69, 9.17) is 5.73 Å². The van der Waals surface area contributed by atoms with Crippen molar-refractivity contribution in [3.8, 4) is 0 Å². The van der Waals surface area contributed by atoms with Crippen molar-refractivity contribution < 1.29 is 8.42 Å². The normalized spacial score (nSPS) is 23.8. The molecule has 1 aliphatic heterocycles. The van der Waals surface area contributed by atoms with Crippen molar-refractivity contribution in [1.82, 2.24) is 9.78 Å². The molecule has 17 heavy (non-hydrogen) atoms. The van der Waals surface area contributed by atoms with Crippen LogP contribution in [-0.2, 0) is 21.3 Å². The first kappa shape index (κ1) is 11.1. The molecule has 1 aromatic rings. The molecule has 2 aliphatic rings. The highest BCUT2D eigenvalue weighted by molar-refractivity contribution is 7.90. The van der Waals surface area contributed by atoms with Gasteiger partial charge >= 0.3 is 0 Å². The van der Waals surface area contributed by atoms with Gasteiger partial charge < -0.3 is 5.73 Å². The number of nitrogens with two attached hydrogens (primary N) is 1. The van der Waals surface area contributed by atoms with Gasteiger partial charge in [0, 0.05) is 5.56 Å². The fourth-order valence-electron chi connectivity index (χ4n) is 2.89. The summed E-state index contributed by atoms with van der Waals surface area (Å²) < 4.78 is 24.8. The third kappa shape index (κ3) is 1.84. The maximum Gasteiger partial charge on any atom is 0.160 e. The summed E-state index contributed by atoms with van der Waals surface area (Å²) in [5.74, 6) is 0.709. The minimum absolute atomic E-state index is 0.0618. The van der Waals surface area contributed by atoms with Crippen molar-refractivity contribution in [2.45, 2.75) is 49.7 Å². The van der Waals surface area contributed by atoms with Gasteiger partial charge in [0.1, 0.15) is 5.82 Å². The van der Waals surface area contributed by atoms with Gasteiger partial charge in [-0.15, -0.1) is 0 Å². The molecule has 0 amide bonds. The molecule has 2 heterocycles. The van der Waals surface area contributed by atoms with Crippen LogP contribution in [0.15, 0.2) is 0 Å². The number of aromatic nitrogens is 2. The van der Waals surface area contributed by atoms with Gasteiger partial charge in [-0.3, -0.25) is 0 Å². The van der Waals surface area contributed by atoms with E-state index in [2.05, 4.69) is 5.10 Å². The van der Waals surface area contributed by atoms with Crippen molar-refractivity contribution in [2.24, 2.45) is 0 Å². The van der Waals surface area contributed by atoms with Gasteiger partial charge in [0.2, 0.25) is 0 Å². The highest BCUT2D eigenvalue weighted by Gasteiger charge is 2.32. The third-order valence-electron chi connectivity index (χ3n) is 3.77. The monoisotopic (exact) mass is 255 g/mol. The fraction of sp³-hybridized carbons (Fsp3) is 0.727. The van der Waals surface area contributed by atoms with E-state index in [9.17, 15) is 8.42 Å². The molecule has 0 bridgehead atoms. The molecular weight excluding hydrogens is 238 g/mol. The Balaban J connectivity index is 1.94. The highest BCUT2D eigenvalue weighted by atomic mass is 32.2. The Labute approximate surface area is 101 Å². The Morgan fingerprint density at radius 2 is 1.88 bits per heavy atom. The zero-order valence-corrected chi connectivity index (χ0v) is 10.5. The average Bonchev–Trinajstić information content (AvgIpc) is 2.75. The van der Waals surface area contributed by atoms with Crippen molar-refractivity contribution in [3.05, 3.63) is 11.3 Å². The lowest BCUT2D eigenvalue weighted by molar-refractivity contribution is 0.332. The van der Waals surface area contributed by atoms with Gasteiger partial charge in [-0.25, -0.2) is 13.1 Å². The van der Waals surface area contributed by atoms with E-state index in [1.54, 1.807) is 0 Å². The summed E-state index contributed by atoms with van der Waals surface area (Å²) in [5.41, 5.74) is 7.46. The highest BCUT2D eigenvalue weighted by Crippen LogP contribution is 2.35. The van der Waals surface area contributed by atoms with E-state index in [0.29, 0.717) is 17.6 Å². The fourth-order valence-corrected chi connectivity index (χ4v) is 4.39. The van der Waals surface area contributed by atoms with E-state index < -0.39 is 9.84 Å². The maximum absolute atomic E-state index is 11.5. The van der Waals surface area contributed by atoms with Crippen LogP contribution in [0, 0.1) is 0 Å². The standard InChI is InChI=1S/C11H17N3O2S/c12-11-9-6-17(15,16)7-10(9)13-14(11)8-4-2-1-3-5-8/h8H,1-7,12H2. The van der Waals surface area contributed by atoms with Crippen LogP contribution in [0.2, 0.25) is 0 Å². The summed E-state index contributed by atoms with van der Waals surface area (Å²) in [7, 11) is -2.99. The second kappa shape index (κ2) is 3.73. The molecule has 0 spiro atoms. The van der Waals surface area contributed by atoms with Crippen LogP contribution < -0.4 is 5.73 Å². The van der Waals surface area contributed by atoms with Crippen molar-refractivity contribution in [3.63, 3.8) is 0 Å². The molecule has 1 aliphatic carbocycles. The number of rotatable bonds is 1. The molecule has 94 valence electrons. The third-order valence-corrected chi connectivity index (χ3v) is 5.22. The molecule has 0 saturated heterocycles. The molecule has 0 unspecified atom stereocenters. The Bertz CT molecular complexity index is 541. The summed E-state index contributed by atoms with van der Waals surface area (Å²) in [5, 5.41) is 4.42. The summed E-state index contributed by atoms with van der Waals surface area (Å²) in [6, 6.07) is 0.372. The van der Waals surface area contributed by atoms with Crippen LogP contribution in [0.25, 0.3) is 0 Å². The molecule has 5 nitrogen and oxygen atoms in total. The number of hydrogen-bond donors (Lipinski definition) is 1. The molecule has 2 N–H and O–H groups in total. The summed E-state index contributed by atoms with van der Waals surface area (Å²) >= 11 is 0. The molecule has 1 saturated carbocycles. The van der Waals surface area contributed by atoms with Crippen LogP contribution in [-0.4, -0.2) is 18.2 Å². The van der Waals surface area contributed by atoms with Crippen LogP contribution in [0.4, 0.5) is 5.82 Å². The van der Waals surface area contributed by atoms with E-state index in [-0.39, 0.29) is 11.5 Å². The molecule has 0 radical (unpaired) electrons. The van der Waals surface area contributed by atoms with E-state index in [0.717, 1.165) is 18.4 Å². The molecule has 0 atom stereocenters. The number of nitrogen functional groups attached to an aromatic ring is 1. The lowest BCUT2D eigenvalue weighted by atomic mass is 9.96. The number of fused-ring (bicyclic) bond motifs is 1. The van der Waals surface area contributed by atoms with Crippen LogP contribution in [0.5, 0.6) is 0 Å². The van der Waals surface area contributed by atoms with Gasteiger partial charge in [-0.1, -0.05) is 19.3 Å². The Hall–Kier alpha value is -1.04. The first-order chi connectivity index (χ1) is 8.07. The quantitative estimate of drug-likeness (QED) is 0.822. The molecule has 0 aromatic carbocycles. The lowest BCUT2D eigenvalue weighted by Gasteiger charge is -2.23. The Kier molecular flexibility index (Phi) is 2.43. The average molecular weight is 255 g/mol. The minimum Gasteiger partial charge on any atom is -0.384 e. The largest absolute Gasteiger partial charge is 0.384 e. The Morgan fingerprint density at radius 1 is 1.18 bits per heavy atom. The summed E-state index contributed by atoms with van der Waals surface area (Å²) in [6.07, 6.45) is 5.93. The van der Waals surface area contributed by atoms with E-state index in [1.807, 2.05) is 4.68 Å². The molecule has 1 fully saturated rings. The second-order valence-electron chi connectivity index (χ2n) is 5.08. The molecular formula is C11H17N3O2S. The SMILES string of the molecule is Nc1c2c(nn1C1CCCCC1)CS(=O)(=O)C2. The minimum atomic E-state index is -2.99. The molecule has 6 heteroatoms. The first-order valence-corrected chi connectivity index (χ1v) is 7.95. The number of anilines is 1. The Morgan fingerprint density at radius 3 is 2.53 bits per heavy atom. The molecule has 1 aromatic heterocycles. The van der Waals surface area contributed by atoms with Gasteiger partial charge in [-0.05, 0) is 12.8 Å². The van der Waals surface area contributed by atoms with Gasteiger partial charge in [-0.2, -0.15) is 5.10 Å². The van der Waals surface area contributed by atoms with Gasteiger partial charge in [0.25, 0.3) is 0 Å². The second-order valence-corrected chi connectivity index (χ2v) is 7.14. The van der Waals surface area contributed by atoms with Crippen LogP contribution >= 0.6 is 0 Å². The van der Waals surface area contributed by atoms with Crippen molar-refractivity contribution in [2.75, 3.05) is 5.73 Å². The summed E-state index contributed by atoms with van der Waals surface area (Å²) in [4.78, 5) is 0. The maximum atomic E-state index is 11.5. The van der Waals surface area contributed by atoms with Crippen LogP contribution in [0.1, 0.15) is 49.4 Å². The zero-order chi connectivity index (χ0) is 12.0. The van der Waals surface area contributed by atoms with Gasteiger partial charge in [0.05, 0.1) is 23.2 Å². The van der Waals surface area contributed by atoms with E-state index >= 15 is 0 Å². The number of nitrogens with zero attached hydrogens (tertiary/aromatic N) is 2. The van der Waals surface area contributed by atoms with Crippen molar-refractivity contribution >= 4 is 15.7 Å².